The monoisotopic (exact) mass is 526 g/mol. The molecule has 27 heavy (non-hydrogen) atoms. The Morgan fingerprint density at radius 2 is 1.96 bits per heavy atom. The molecule has 0 aromatic heterocycles. The van der Waals surface area contributed by atoms with Gasteiger partial charge in [0, 0.05) is 28.8 Å². The van der Waals surface area contributed by atoms with Gasteiger partial charge in [-0.3, -0.25) is 9.89 Å². The van der Waals surface area contributed by atoms with E-state index in [-0.39, 0.29) is 35.6 Å². The number of likely N-dealkylation sites (tertiary alicyclic amines) is 1. The largest absolute Gasteiger partial charge is 0.381 e. The molecule has 0 spiro atoms. The van der Waals surface area contributed by atoms with E-state index in [2.05, 4.69) is 10.2 Å². The first-order valence-electron chi connectivity index (χ1n) is 9.34. The maximum Gasteiger partial charge on any atom is 0.189 e. The van der Waals surface area contributed by atoms with Gasteiger partial charge < -0.3 is 15.8 Å². The summed E-state index contributed by atoms with van der Waals surface area (Å²) in [7, 11) is 0. The van der Waals surface area contributed by atoms with Gasteiger partial charge in [-0.15, -0.1) is 24.0 Å². The van der Waals surface area contributed by atoms with Crippen LogP contribution in [0.3, 0.4) is 0 Å². The van der Waals surface area contributed by atoms with Crippen LogP contribution in [0.5, 0.6) is 0 Å². The van der Waals surface area contributed by atoms with E-state index in [1.54, 1.807) is 6.07 Å². The third-order valence-corrected chi connectivity index (χ3v) is 6.10. The Morgan fingerprint density at radius 3 is 2.59 bits per heavy atom. The Labute approximate surface area is 189 Å². The van der Waals surface area contributed by atoms with Gasteiger partial charge in [0.15, 0.2) is 5.96 Å². The maximum atomic E-state index is 6.29. The van der Waals surface area contributed by atoms with Crippen molar-refractivity contribution in [1.29, 1.82) is 0 Å². The molecule has 2 fully saturated rings. The van der Waals surface area contributed by atoms with E-state index in [0.29, 0.717) is 22.5 Å². The highest BCUT2D eigenvalue weighted by atomic mass is 127. The number of nitrogens with one attached hydrogen (secondary N) is 1. The van der Waals surface area contributed by atoms with Crippen LogP contribution < -0.4 is 11.1 Å². The molecule has 1 aromatic carbocycles. The lowest BCUT2D eigenvalue weighted by atomic mass is 9.88. The summed E-state index contributed by atoms with van der Waals surface area (Å²) in [6.07, 6.45) is 4.57. The molecule has 2 heterocycles. The van der Waals surface area contributed by atoms with E-state index >= 15 is 0 Å². The lowest BCUT2D eigenvalue weighted by Crippen LogP contribution is -2.53. The SMILES string of the molecule is CC(NC(N)=NCC1(N2CCCC2)CCOCC1)c1ccc(Cl)cc1Cl.I. The first-order valence-corrected chi connectivity index (χ1v) is 10.1. The summed E-state index contributed by atoms with van der Waals surface area (Å²) in [5.41, 5.74) is 7.23. The average Bonchev–Trinajstić information content (AvgIpc) is 3.16. The summed E-state index contributed by atoms with van der Waals surface area (Å²) < 4.78 is 5.59. The van der Waals surface area contributed by atoms with E-state index in [0.717, 1.165) is 44.7 Å². The molecule has 5 nitrogen and oxygen atoms in total. The number of hydrogen-bond acceptors (Lipinski definition) is 3. The Kier molecular flexibility index (Phi) is 8.93. The first kappa shape index (κ1) is 23.0. The van der Waals surface area contributed by atoms with Gasteiger partial charge in [-0.25, -0.2) is 0 Å². The molecular formula is C19H29Cl2IN4O. The predicted molar refractivity (Wildman–Crippen MR) is 124 cm³/mol. The zero-order valence-corrected chi connectivity index (χ0v) is 19.6. The minimum atomic E-state index is -0.0408. The van der Waals surface area contributed by atoms with Crippen LogP contribution in [-0.4, -0.2) is 49.2 Å². The fourth-order valence-corrected chi connectivity index (χ4v) is 4.52. The standard InChI is InChI=1S/C19H28Cl2N4O.HI/c1-14(16-5-4-15(20)12-17(16)21)24-18(22)23-13-19(6-10-26-11-7-19)25-8-2-3-9-25;/h4-5,12,14H,2-3,6-11,13H2,1H3,(H3,22,23,24);1H. The Balaban J connectivity index is 0.00000261. The van der Waals surface area contributed by atoms with Crippen molar-refractivity contribution in [1.82, 2.24) is 10.2 Å². The van der Waals surface area contributed by atoms with Gasteiger partial charge in [0.05, 0.1) is 12.6 Å². The van der Waals surface area contributed by atoms with E-state index in [9.17, 15) is 0 Å². The molecule has 0 amide bonds. The molecule has 3 N–H and O–H groups in total. The second-order valence-corrected chi connectivity index (χ2v) is 8.11. The number of aliphatic imine (C=N–C) groups is 1. The third-order valence-electron chi connectivity index (χ3n) is 5.54. The number of benzene rings is 1. The fourth-order valence-electron chi connectivity index (χ4n) is 3.95. The number of guanidine groups is 1. The van der Waals surface area contributed by atoms with Crippen LogP contribution in [0.15, 0.2) is 23.2 Å². The zero-order valence-electron chi connectivity index (χ0n) is 15.7. The molecule has 8 heteroatoms. The highest BCUT2D eigenvalue weighted by Gasteiger charge is 2.39. The van der Waals surface area contributed by atoms with Gasteiger partial charge in [0.2, 0.25) is 0 Å². The number of hydrogen-bond donors (Lipinski definition) is 2. The second kappa shape index (κ2) is 10.5. The Morgan fingerprint density at radius 1 is 1.30 bits per heavy atom. The van der Waals surface area contributed by atoms with E-state index in [1.807, 2.05) is 19.1 Å². The minimum absolute atomic E-state index is 0. The third kappa shape index (κ3) is 5.85. The smallest absolute Gasteiger partial charge is 0.189 e. The molecule has 0 bridgehead atoms. The molecule has 0 aliphatic carbocycles. The van der Waals surface area contributed by atoms with Crippen LogP contribution in [0.1, 0.15) is 44.2 Å². The number of rotatable bonds is 5. The minimum Gasteiger partial charge on any atom is -0.381 e. The fraction of sp³-hybridized carbons (Fsp3) is 0.632. The van der Waals surface area contributed by atoms with Gasteiger partial charge in [-0.05, 0) is 63.4 Å². The normalized spacial score (nSPS) is 21.5. The van der Waals surface area contributed by atoms with Crippen molar-refractivity contribution in [2.45, 2.75) is 44.2 Å². The van der Waals surface area contributed by atoms with Crippen LogP contribution in [0.2, 0.25) is 10.0 Å². The molecule has 2 aliphatic rings. The van der Waals surface area contributed by atoms with Crippen molar-refractivity contribution in [3.8, 4) is 0 Å². The number of nitrogens with two attached hydrogens (primary N) is 1. The van der Waals surface area contributed by atoms with Crippen molar-refractivity contribution in [2.75, 3.05) is 32.8 Å². The second-order valence-electron chi connectivity index (χ2n) is 7.26. The summed E-state index contributed by atoms with van der Waals surface area (Å²) in [6.45, 7) is 6.63. The molecule has 1 unspecified atom stereocenters. The molecule has 3 rings (SSSR count). The lowest BCUT2D eigenvalue weighted by molar-refractivity contribution is -0.0138. The highest BCUT2D eigenvalue weighted by Crippen LogP contribution is 2.32. The van der Waals surface area contributed by atoms with Crippen LogP contribution in [0.4, 0.5) is 0 Å². The summed E-state index contributed by atoms with van der Waals surface area (Å²) in [6, 6.07) is 5.45. The number of halogens is 3. The van der Waals surface area contributed by atoms with E-state index in [4.69, 9.17) is 38.7 Å². The van der Waals surface area contributed by atoms with Gasteiger partial charge in [0.25, 0.3) is 0 Å². The Bertz CT molecular complexity index is 647. The van der Waals surface area contributed by atoms with Crippen molar-refractivity contribution < 1.29 is 4.74 Å². The number of ether oxygens (including phenoxy) is 1. The van der Waals surface area contributed by atoms with Crippen molar-refractivity contribution in [2.24, 2.45) is 10.7 Å². The predicted octanol–water partition coefficient (Wildman–Crippen LogP) is 4.22. The van der Waals surface area contributed by atoms with E-state index < -0.39 is 0 Å². The van der Waals surface area contributed by atoms with Gasteiger partial charge in [-0.1, -0.05) is 29.3 Å². The Hall–Kier alpha value is -0.280. The van der Waals surface area contributed by atoms with Crippen LogP contribution >= 0.6 is 47.2 Å². The van der Waals surface area contributed by atoms with Crippen molar-refractivity contribution >= 4 is 53.1 Å². The molecule has 0 saturated carbocycles. The van der Waals surface area contributed by atoms with E-state index in [1.165, 1.54) is 12.8 Å². The number of nitrogens with zero attached hydrogens (tertiary/aromatic N) is 2. The quantitative estimate of drug-likeness (QED) is 0.342. The molecule has 152 valence electrons. The molecular weight excluding hydrogens is 498 g/mol. The van der Waals surface area contributed by atoms with Crippen LogP contribution in [0, 0.1) is 0 Å². The topological polar surface area (TPSA) is 62.9 Å². The van der Waals surface area contributed by atoms with Gasteiger partial charge in [0.1, 0.15) is 0 Å². The maximum absolute atomic E-state index is 6.29. The average molecular weight is 527 g/mol. The van der Waals surface area contributed by atoms with Gasteiger partial charge in [-0.2, -0.15) is 0 Å². The van der Waals surface area contributed by atoms with Gasteiger partial charge >= 0.3 is 0 Å². The van der Waals surface area contributed by atoms with Crippen molar-refractivity contribution in [3.05, 3.63) is 33.8 Å². The summed E-state index contributed by atoms with van der Waals surface area (Å²) >= 11 is 12.3. The molecule has 1 aromatic rings. The van der Waals surface area contributed by atoms with Crippen molar-refractivity contribution in [3.63, 3.8) is 0 Å². The summed E-state index contributed by atoms with van der Waals surface area (Å²) in [5.74, 6) is 0.452. The van der Waals surface area contributed by atoms with Crippen LogP contribution in [0.25, 0.3) is 0 Å². The molecule has 0 radical (unpaired) electrons. The molecule has 2 aliphatic heterocycles. The molecule has 1 atom stereocenters. The summed E-state index contributed by atoms with van der Waals surface area (Å²) in [4.78, 5) is 7.28. The van der Waals surface area contributed by atoms with Crippen LogP contribution in [-0.2, 0) is 4.74 Å². The summed E-state index contributed by atoms with van der Waals surface area (Å²) in [5, 5.41) is 4.51. The first-order chi connectivity index (χ1) is 12.5. The highest BCUT2D eigenvalue weighted by molar-refractivity contribution is 14.0. The molecule has 2 saturated heterocycles. The lowest BCUT2D eigenvalue weighted by Gasteiger charge is -2.43. The zero-order chi connectivity index (χ0) is 18.6.